The standard InChI is InChI=1S/C16H20N2O/c1-13-16(12-19)14(2)18(17-13)11-7-6-10-15-8-4-3-5-9-15/h3-5,8-9,12H,6-7,10-11H2,1-2H3. The van der Waals surface area contributed by atoms with Crippen LogP contribution in [0.4, 0.5) is 0 Å². The van der Waals surface area contributed by atoms with E-state index >= 15 is 0 Å². The van der Waals surface area contributed by atoms with Crippen molar-refractivity contribution in [2.75, 3.05) is 0 Å². The number of unbranched alkanes of at least 4 members (excludes halogenated alkanes) is 1. The number of aldehydes is 1. The monoisotopic (exact) mass is 256 g/mol. The highest BCUT2D eigenvalue weighted by Crippen LogP contribution is 2.12. The Morgan fingerprint density at radius 2 is 1.89 bits per heavy atom. The lowest BCUT2D eigenvalue weighted by atomic mass is 10.1. The Kier molecular flexibility index (Phi) is 4.50. The first kappa shape index (κ1) is 13.5. The van der Waals surface area contributed by atoms with Crippen LogP contribution in [0, 0.1) is 13.8 Å². The third-order valence-corrected chi connectivity index (χ3v) is 3.48. The van der Waals surface area contributed by atoms with Crippen LogP contribution in [0.25, 0.3) is 0 Å². The zero-order chi connectivity index (χ0) is 13.7. The highest BCUT2D eigenvalue weighted by Gasteiger charge is 2.09. The highest BCUT2D eigenvalue weighted by atomic mass is 16.1. The molecule has 0 N–H and O–H groups in total. The zero-order valence-electron chi connectivity index (χ0n) is 11.6. The molecule has 3 nitrogen and oxygen atoms in total. The summed E-state index contributed by atoms with van der Waals surface area (Å²) >= 11 is 0. The summed E-state index contributed by atoms with van der Waals surface area (Å²) in [7, 11) is 0. The van der Waals surface area contributed by atoms with Crippen LogP contribution < -0.4 is 0 Å². The van der Waals surface area contributed by atoms with Crippen molar-refractivity contribution in [3.8, 4) is 0 Å². The second-order valence-electron chi connectivity index (χ2n) is 4.87. The van der Waals surface area contributed by atoms with Crippen LogP contribution in [0.3, 0.4) is 0 Å². The maximum Gasteiger partial charge on any atom is 0.153 e. The minimum Gasteiger partial charge on any atom is -0.298 e. The predicted octanol–water partition coefficient (Wildman–Crippen LogP) is 3.34. The predicted molar refractivity (Wildman–Crippen MR) is 76.5 cm³/mol. The third-order valence-electron chi connectivity index (χ3n) is 3.48. The van der Waals surface area contributed by atoms with Crippen LogP contribution in [-0.2, 0) is 13.0 Å². The molecule has 1 heterocycles. The summed E-state index contributed by atoms with van der Waals surface area (Å²) in [6.07, 6.45) is 4.22. The molecule has 0 spiro atoms. The van der Waals surface area contributed by atoms with Gasteiger partial charge in [0.2, 0.25) is 0 Å². The molecule has 0 fully saturated rings. The van der Waals surface area contributed by atoms with Gasteiger partial charge in [0.05, 0.1) is 11.3 Å². The average molecular weight is 256 g/mol. The van der Waals surface area contributed by atoms with Crippen molar-refractivity contribution in [1.29, 1.82) is 0 Å². The fourth-order valence-electron chi connectivity index (χ4n) is 2.33. The summed E-state index contributed by atoms with van der Waals surface area (Å²) in [5.74, 6) is 0. The quantitative estimate of drug-likeness (QED) is 0.587. The first-order chi connectivity index (χ1) is 9.22. The summed E-state index contributed by atoms with van der Waals surface area (Å²) < 4.78 is 1.95. The number of hydrogen-bond acceptors (Lipinski definition) is 2. The van der Waals surface area contributed by atoms with E-state index in [1.54, 1.807) is 0 Å². The lowest BCUT2D eigenvalue weighted by molar-refractivity contribution is 0.112. The molecule has 0 amide bonds. The van der Waals surface area contributed by atoms with Crippen molar-refractivity contribution >= 4 is 6.29 Å². The van der Waals surface area contributed by atoms with Crippen LogP contribution >= 0.6 is 0 Å². The van der Waals surface area contributed by atoms with Crippen LogP contribution in [0.2, 0.25) is 0 Å². The molecule has 1 aromatic heterocycles. The van der Waals surface area contributed by atoms with Gasteiger partial charge >= 0.3 is 0 Å². The Balaban J connectivity index is 1.85. The van der Waals surface area contributed by atoms with Gasteiger partial charge in [-0.05, 0) is 38.7 Å². The molecule has 0 bridgehead atoms. The van der Waals surface area contributed by atoms with E-state index in [9.17, 15) is 4.79 Å². The van der Waals surface area contributed by atoms with Gasteiger partial charge in [0.15, 0.2) is 6.29 Å². The Bertz CT molecular complexity index is 543. The molecule has 2 aromatic rings. The van der Waals surface area contributed by atoms with E-state index in [-0.39, 0.29) is 0 Å². The lowest BCUT2D eigenvalue weighted by Gasteiger charge is -2.05. The van der Waals surface area contributed by atoms with Gasteiger partial charge in [0, 0.05) is 12.2 Å². The zero-order valence-corrected chi connectivity index (χ0v) is 11.6. The number of nitrogens with zero attached hydrogens (tertiary/aromatic N) is 2. The van der Waals surface area contributed by atoms with E-state index in [1.807, 2.05) is 24.6 Å². The molecular weight excluding hydrogens is 236 g/mol. The number of aryl methyl sites for hydroxylation is 3. The maximum absolute atomic E-state index is 10.9. The van der Waals surface area contributed by atoms with Crippen molar-refractivity contribution in [2.45, 2.75) is 39.7 Å². The molecule has 3 heteroatoms. The van der Waals surface area contributed by atoms with E-state index in [0.29, 0.717) is 0 Å². The van der Waals surface area contributed by atoms with Gasteiger partial charge in [-0.3, -0.25) is 9.48 Å². The Morgan fingerprint density at radius 3 is 2.53 bits per heavy atom. The van der Waals surface area contributed by atoms with Crippen LogP contribution in [0.15, 0.2) is 30.3 Å². The van der Waals surface area contributed by atoms with Gasteiger partial charge in [-0.15, -0.1) is 0 Å². The van der Waals surface area contributed by atoms with Gasteiger partial charge < -0.3 is 0 Å². The van der Waals surface area contributed by atoms with Gasteiger partial charge in [-0.1, -0.05) is 30.3 Å². The van der Waals surface area contributed by atoms with Crippen LogP contribution in [0.1, 0.15) is 40.2 Å². The second-order valence-corrected chi connectivity index (χ2v) is 4.87. The minimum absolute atomic E-state index is 0.739. The largest absolute Gasteiger partial charge is 0.298 e. The highest BCUT2D eigenvalue weighted by molar-refractivity contribution is 5.77. The topological polar surface area (TPSA) is 34.9 Å². The molecule has 2 rings (SSSR count). The van der Waals surface area contributed by atoms with Gasteiger partial charge in [-0.25, -0.2) is 0 Å². The van der Waals surface area contributed by atoms with Crippen LogP contribution in [0.5, 0.6) is 0 Å². The fraction of sp³-hybridized carbons (Fsp3) is 0.375. The molecule has 0 radical (unpaired) electrons. The molecule has 0 unspecified atom stereocenters. The van der Waals surface area contributed by atoms with Crippen molar-refractivity contribution < 1.29 is 4.79 Å². The minimum atomic E-state index is 0.739. The van der Waals surface area contributed by atoms with Gasteiger partial charge in [-0.2, -0.15) is 5.10 Å². The molecule has 0 saturated heterocycles. The smallest absolute Gasteiger partial charge is 0.153 e. The SMILES string of the molecule is Cc1nn(CCCCc2ccccc2)c(C)c1C=O. The average Bonchev–Trinajstić information content (AvgIpc) is 2.70. The van der Waals surface area contributed by atoms with Crippen molar-refractivity contribution in [2.24, 2.45) is 0 Å². The number of carbonyl (C=O) groups is 1. The third kappa shape index (κ3) is 3.31. The molecule has 19 heavy (non-hydrogen) atoms. The number of benzene rings is 1. The summed E-state index contributed by atoms with van der Waals surface area (Å²) in [5, 5.41) is 4.41. The Labute approximate surface area is 114 Å². The van der Waals surface area contributed by atoms with E-state index in [2.05, 4.69) is 29.4 Å². The number of aromatic nitrogens is 2. The molecule has 100 valence electrons. The fourth-order valence-corrected chi connectivity index (χ4v) is 2.33. The van der Waals surface area contributed by atoms with E-state index in [1.165, 1.54) is 5.56 Å². The lowest BCUT2D eigenvalue weighted by Crippen LogP contribution is -2.03. The van der Waals surface area contributed by atoms with Crippen molar-refractivity contribution in [1.82, 2.24) is 9.78 Å². The molecule has 1 aromatic carbocycles. The Morgan fingerprint density at radius 1 is 1.16 bits per heavy atom. The van der Waals surface area contributed by atoms with Crippen molar-refractivity contribution in [3.63, 3.8) is 0 Å². The molecule has 0 atom stereocenters. The molecule has 0 aliphatic rings. The van der Waals surface area contributed by atoms with E-state index in [4.69, 9.17) is 0 Å². The van der Waals surface area contributed by atoms with Gasteiger partial charge in [0.1, 0.15) is 0 Å². The number of hydrogen-bond donors (Lipinski definition) is 0. The van der Waals surface area contributed by atoms with Crippen LogP contribution in [-0.4, -0.2) is 16.1 Å². The molecule has 0 aliphatic heterocycles. The summed E-state index contributed by atoms with van der Waals surface area (Å²) in [4.78, 5) is 10.9. The van der Waals surface area contributed by atoms with Crippen molar-refractivity contribution in [3.05, 3.63) is 52.8 Å². The summed E-state index contributed by atoms with van der Waals surface area (Å²) in [5.41, 5.74) is 3.93. The van der Waals surface area contributed by atoms with E-state index < -0.39 is 0 Å². The molecule has 0 aliphatic carbocycles. The number of rotatable bonds is 6. The summed E-state index contributed by atoms with van der Waals surface area (Å²) in [6.45, 7) is 4.73. The second kappa shape index (κ2) is 6.32. The number of carbonyl (C=O) groups excluding carboxylic acids is 1. The normalized spacial score (nSPS) is 10.6. The Hall–Kier alpha value is -1.90. The van der Waals surface area contributed by atoms with E-state index in [0.717, 1.165) is 49.0 Å². The first-order valence-electron chi connectivity index (χ1n) is 6.75. The maximum atomic E-state index is 10.9. The molecule has 0 saturated carbocycles. The van der Waals surface area contributed by atoms with Gasteiger partial charge in [0.25, 0.3) is 0 Å². The summed E-state index contributed by atoms with van der Waals surface area (Å²) in [6, 6.07) is 10.5. The first-order valence-corrected chi connectivity index (χ1v) is 6.75. The molecular formula is C16H20N2O.